The fourth-order valence-corrected chi connectivity index (χ4v) is 3.34. The largest absolute Gasteiger partial charge is 0.497 e. The molecule has 0 spiro atoms. The van der Waals surface area contributed by atoms with Gasteiger partial charge in [-0.2, -0.15) is 0 Å². The van der Waals surface area contributed by atoms with Gasteiger partial charge in [-0.25, -0.2) is 9.97 Å². The van der Waals surface area contributed by atoms with Gasteiger partial charge in [0.05, 0.1) is 18.5 Å². The van der Waals surface area contributed by atoms with Crippen molar-refractivity contribution in [3.05, 3.63) is 35.3 Å². The van der Waals surface area contributed by atoms with Crippen molar-refractivity contribution in [2.45, 2.75) is 26.2 Å². The number of hydrogen-bond donors (Lipinski definition) is 1. The molecule has 0 unspecified atom stereocenters. The van der Waals surface area contributed by atoms with Gasteiger partial charge in [0, 0.05) is 17.3 Å². The van der Waals surface area contributed by atoms with Crippen LogP contribution in [0.3, 0.4) is 0 Å². The highest BCUT2D eigenvalue weighted by Crippen LogP contribution is 2.39. The molecular weight excluding hydrogens is 292 g/mol. The predicted octanol–water partition coefficient (Wildman–Crippen LogP) is 2.37. The summed E-state index contributed by atoms with van der Waals surface area (Å²) in [6.45, 7) is 2.17. The van der Waals surface area contributed by atoms with Crippen LogP contribution in [-0.4, -0.2) is 29.5 Å². The highest BCUT2D eigenvalue weighted by molar-refractivity contribution is 6.03. The van der Waals surface area contributed by atoms with Crippen LogP contribution in [0.25, 0.3) is 0 Å². The van der Waals surface area contributed by atoms with Crippen molar-refractivity contribution < 1.29 is 9.53 Å². The average Bonchev–Trinajstić information content (AvgIpc) is 3.00. The standard InChI is InChI=1S/C17H18N4O2/c1-10-18-13-5-3-4-12(13)17(19-10)21-9-16(22)20-14-8-11(23-2)6-7-15(14)21/h6-8H,3-5,9H2,1-2H3,(H,20,22). The van der Waals surface area contributed by atoms with Crippen LogP contribution in [0.1, 0.15) is 23.5 Å². The van der Waals surface area contributed by atoms with Crippen molar-refractivity contribution >= 4 is 23.1 Å². The summed E-state index contributed by atoms with van der Waals surface area (Å²) in [5, 5.41) is 2.91. The number of benzene rings is 1. The molecule has 1 aromatic heterocycles. The van der Waals surface area contributed by atoms with Gasteiger partial charge in [-0.05, 0) is 38.3 Å². The van der Waals surface area contributed by atoms with Gasteiger partial charge in [0.25, 0.3) is 0 Å². The van der Waals surface area contributed by atoms with Crippen LogP contribution in [-0.2, 0) is 17.6 Å². The van der Waals surface area contributed by atoms with Crippen molar-refractivity contribution in [2.24, 2.45) is 0 Å². The number of aromatic nitrogens is 2. The molecule has 6 heteroatoms. The van der Waals surface area contributed by atoms with E-state index in [1.54, 1.807) is 7.11 Å². The lowest BCUT2D eigenvalue weighted by atomic mass is 10.1. The van der Waals surface area contributed by atoms with Crippen molar-refractivity contribution in [1.82, 2.24) is 9.97 Å². The summed E-state index contributed by atoms with van der Waals surface area (Å²) in [7, 11) is 1.62. The molecule has 1 aliphatic heterocycles. The third kappa shape index (κ3) is 2.30. The molecule has 0 saturated heterocycles. The van der Waals surface area contributed by atoms with E-state index in [1.165, 1.54) is 5.56 Å². The van der Waals surface area contributed by atoms with Crippen molar-refractivity contribution in [2.75, 3.05) is 23.9 Å². The van der Waals surface area contributed by atoms with Gasteiger partial charge in [-0.1, -0.05) is 0 Å². The number of ether oxygens (including phenoxy) is 1. The molecule has 4 rings (SSSR count). The molecule has 0 fully saturated rings. The van der Waals surface area contributed by atoms with Gasteiger partial charge in [0.1, 0.15) is 23.9 Å². The van der Waals surface area contributed by atoms with Crippen molar-refractivity contribution in [3.63, 3.8) is 0 Å². The van der Waals surface area contributed by atoms with E-state index < -0.39 is 0 Å². The van der Waals surface area contributed by atoms with Gasteiger partial charge in [-0.15, -0.1) is 0 Å². The number of carbonyl (C=O) groups is 1. The molecule has 1 aliphatic carbocycles. The minimum Gasteiger partial charge on any atom is -0.497 e. The maximum absolute atomic E-state index is 12.2. The molecule has 6 nitrogen and oxygen atoms in total. The minimum atomic E-state index is -0.0474. The third-order valence-electron chi connectivity index (χ3n) is 4.35. The Balaban J connectivity index is 1.87. The van der Waals surface area contributed by atoms with Crippen LogP contribution < -0.4 is 15.0 Å². The lowest BCUT2D eigenvalue weighted by Crippen LogP contribution is -2.36. The molecule has 2 aliphatic rings. The first-order valence-electron chi connectivity index (χ1n) is 7.77. The van der Waals surface area contributed by atoms with E-state index in [9.17, 15) is 4.79 Å². The lowest BCUT2D eigenvalue weighted by molar-refractivity contribution is -0.115. The zero-order valence-corrected chi connectivity index (χ0v) is 13.2. The number of rotatable bonds is 2. The second kappa shape index (κ2) is 5.22. The Morgan fingerprint density at radius 3 is 2.96 bits per heavy atom. The molecule has 2 heterocycles. The van der Waals surface area contributed by atoms with Crippen LogP contribution in [0, 0.1) is 6.92 Å². The Morgan fingerprint density at radius 2 is 2.13 bits per heavy atom. The molecule has 118 valence electrons. The highest BCUT2D eigenvalue weighted by atomic mass is 16.5. The molecule has 0 atom stereocenters. The predicted molar refractivity (Wildman–Crippen MR) is 87.4 cm³/mol. The maximum atomic E-state index is 12.2. The summed E-state index contributed by atoms with van der Waals surface area (Å²) in [6, 6.07) is 5.71. The number of nitrogens with zero attached hydrogens (tertiary/aromatic N) is 3. The molecule has 2 aromatic rings. The highest BCUT2D eigenvalue weighted by Gasteiger charge is 2.29. The zero-order chi connectivity index (χ0) is 16.0. The summed E-state index contributed by atoms with van der Waals surface area (Å²) in [6.07, 6.45) is 3.05. The Bertz CT molecular complexity index is 803. The van der Waals surface area contributed by atoms with Gasteiger partial charge in [0.15, 0.2) is 0 Å². The number of methoxy groups -OCH3 is 1. The summed E-state index contributed by atoms with van der Waals surface area (Å²) >= 11 is 0. The molecule has 1 N–H and O–H groups in total. The van der Waals surface area contributed by atoms with Crippen LogP contribution in [0.5, 0.6) is 5.75 Å². The number of amides is 1. The minimum absolute atomic E-state index is 0.0474. The summed E-state index contributed by atoms with van der Waals surface area (Å²) in [4.78, 5) is 23.4. The molecule has 0 bridgehead atoms. The Kier molecular flexibility index (Phi) is 3.18. The first-order chi connectivity index (χ1) is 11.2. The summed E-state index contributed by atoms with van der Waals surface area (Å²) in [5.41, 5.74) is 3.99. The van der Waals surface area contributed by atoms with Crippen LogP contribution in [0.4, 0.5) is 17.2 Å². The quantitative estimate of drug-likeness (QED) is 0.922. The van der Waals surface area contributed by atoms with Crippen molar-refractivity contribution in [3.8, 4) is 5.75 Å². The molecule has 0 radical (unpaired) electrons. The van der Waals surface area contributed by atoms with E-state index in [4.69, 9.17) is 4.74 Å². The van der Waals surface area contributed by atoms with Gasteiger partial charge in [-0.3, -0.25) is 4.79 Å². The molecule has 23 heavy (non-hydrogen) atoms. The number of aryl methyl sites for hydroxylation is 2. The topological polar surface area (TPSA) is 67.3 Å². The maximum Gasteiger partial charge on any atom is 0.244 e. The molecule has 0 saturated carbocycles. The van der Waals surface area contributed by atoms with Crippen LogP contribution in [0.15, 0.2) is 18.2 Å². The van der Waals surface area contributed by atoms with E-state index in [1.807, 2.05) is 30.0 Å². The summed E-state index contributed by atoms with van der Waals surface area (Å²) < 4.78 is 5.25. The number of hydrogen-bond acceptors (Lipinski definition) is 5. The van der Waals surface area contributed by atoms with Crippen LogP contribution in [0.2, 0.25) is 0 Å². The Hall–Kier alpha value is -2.63. The molecule has 1 aromatic carbocycles. The Labute approximate surface area is 134 Å². The van der Waals surface area contributed by atoms with Crippen LogP contribution >= 0.6 is 0 Å². The zero-order valence-electron chi connectivity index (χ0n) is 13.2. The van der Waals surface area contributed by atoms with Gasteiger partial charge >= 0.3 is 0 Å². The SMILES string of the molecule is COc1ccc2c(c1)NC(=O)CN2c1nc(C)nc2c1CCC2. The number of fused-ring (bicyclic) bond motifs is 2. The monoisotopic (exact) mass is 310 g/mol. The first kappa shape index (κ1) is 14.0. The summed E-state index contributed by atoms with van der Waals surface area (Å²) in [5.74, 6) is 2.29. The Morgan fingerprint density at radius 1 is 1.26 bits per heavy atom. The smallest absolute Gasteiger partial charge is 0.244 e. The first-order valence-corrected chi connectivity index (χ1v) is 7.77. The van der Waals surface area contributed by atoms with Crippen molar-refractivity contribution in [1.29, 1.82) is 0 Å². The van der Waals surface area contributed by atoms with E-state index in [0.717, 1.165) is 53.7 Å². The average molecular weight is 310 g/mol. The lowest BCUT2D eigenvalue weighted by Gasteiger charge is -2.31. The van der Waals surface area contributed by atoms with E-state index in [-0.39, 0.29) is 12.5 Å². The second-order valence-corrected chi connectivity index (χ2v) is 5.89. The van der Waals surface area contributed by atoms with Gasteiger partial charge < -0.3 is 15.0 Å². The van der Waals surface area contributed by atoms with Gasteiger partial charge in [0.2, 0.25) is 5.91 Å². The number of anilines is 3. The number of nitrogens with one attached hydrogen (secondary N) is 1. The van der Waals surface area contributed by atoms with E-state index >= 15 is 0 Å². The van der Waals surface area contributed by atoms with E-state index in [0.29, 0.717) is 0 Å². The fraction of sp³-hybridized carbons (Fsp3) is 0.353. The molecular formula is C17H18N4O2. The second-order valence-electron chi connectivity index (χ2n) is 5.89. The van der Waals surface area contributed by atoms with E-state index in [2.05, 4.69) is 15.3 Å². The normalized spacial score (nSPS) is 15.9. The molecule has 1 amide bonds. The third-order valence-corrected chi connectivity index (χ3v) is 4.35. The fourth-order valence-electron chi connectivity index (χ4n) is 3.34. The number of carbonyl (C=O) groups excluding carboxylic acids is 1.